The fourth-order valence-electron chi connectivity index (χ4n) is 5.06. The number of unbranched alkanes of at least 4 members (excludes halogenated alkanes) is 23. The average molecular weight is 591 g/mol. The van der Waals surface area contributed by atoms with Crippen LogP contribution in [0.4, 0.5) is 0 Å². The Morgan fingerprint density at radius 3 is 0.900 bits per heavy atom. The van der Waals surface area contributed by atoms with Gasteiger partial charge in [0.2, 0.25) is 0 Å². The topological polar surface area (TPSA) is 17.1 Å². The molecule has 1 amide bonds. The molecular formula is C36H79ClN2O+2. The molecule has 0 heterocycles. The van der Waals surface area contributed by atoms with Crippen LogP contribution >= 0.6 is 12.4 Å². The maximum atomic E-state index is 11.8. The molecule has 0 saturated carbocycles. The monoisotopic (exact) mass is 591 g/mol. The van der Waals surface area contributed by atoms with Crippen LogP contribution in [0.2, 0.25) is 0 Å². The largest absolute Gasteiger partial charge is 0.331 e. The van der Waals surface area contributed by atoms with Gasteiger partial charge in [-0.3, -0.25) is 4.48 Å². The van der Waals surface area contributed by atoms with E-state index in [4.69, 9.17) is 0 Å². The van der Waals surface area contributed by atoms with E-state index < -0.39 is 0 Å². The fraction of sp³-hybridized carbons (Fsp3) is 0.972. The SMILES string of the molecule is CCCCCCCCCCCCCCCCCC(=O)[N+](C)(C)C.CCCCCCCCCCCC[N+](C)(C)C.Cl. The molecule has 0 aliphatic heterocycles. The first-order valence-corrected chi connectivity index (χ1v) is 17.7. The number of hydrogen-bond donors (Lipinski definition) is 0. The Morgan fingerprint density at radius 1 is 0.400 bits per heavy atom. The fourth-order valence-corrected chi connectivity index (χ4v) is 5.06. The number of halogens is 1. The van der Waals surface area contributed by atoms with Gasteiger partial charge in [-0.1, -0.05) is 155 Å². The lowest BCUT2D eigenvalue weighted by molar-refractivity contribution is -0.870. The highest BCUT2D eigenvalue weighted by Gasteiger charge is 2.18. The summed E-state index contributed by atoms with van der Waals surface area (Å²) in [6.07, 6.45) is 35.8. The summed E-state index contributed by atoms with van der Waals surface area (Å²) in [5.74, 6) is 0.361. The minimum absolute atomic E-state index is 0. The number of carbonyl (C=O) groups is 1. The van der Waals surface area contributed by atoms with Gasteiger partial charge in [0, 0.05) is 0 Å². The van der Waals surface area contributed by atoms with Crippen molar-refractivity contribution < 1.29 is 13.8 Å². The first-order chi connectivity index (χ1) is 18.5. The van der Waals surface area contributed by atoms with Gasteiger partial charge >= 0.3 is 5.91 Å². The van der Waals surface area contributed by atoms with Crippen molar-refractivity contribution in [2.45, 2.75) is 181 Å². The predicted molar refractivity (Wildman–Crippen MR) is 185 cm³/mol. The Morgan fingerprint density at radius 2 is 0.650 bits per heavy atom. The molecule has 4 heteroatoms. The Balaban J connectivity index is -0.000000710. The zero-order valence-corrected chi connectivity index (χ0v) is 30.1. The normalized spacial score (nSPS) is 11.6. The lowest BCUT2D eigenvalue weighted by Gasteiger charge is -2.23. The van der Waals surface area contributed by atoms with E-state index in [1.807, 2.05) is 21.1 Å². The van der Waals surface area contributed by atoms with Crippen molar-refractivity contribution in [3.63, 3.8) is 0 Å². The van der Waals surface area contributed by atoms with Gasteiger partial charge in [-0.25, -0.2) is 4.79 Å². The highest BCUT2D eigenvalue weighted by atomic mass is 35.5. The van der Waals surface area contributed by atoms with E-state index >= 15 is 0 Å². The van der Waals surface area contributed by atoms with E-state index in [9.17, 15) is 4.79 Å². The molecule has 0 N–H and O–H groups in total. The third-order valence-corrected chi connectivity index (χ3v) is 7.92. The van der Waals surface area contributed by atoms with Crippen LogP contribution in [0.1, 0.15) is 181 Å². The van der Waals surface area contributed by atoms with Gasteiger partial charge in [0.25, 0.3) is 0 Å². The van der Waals surface area contributed by atoms with Crippen molar-refractivity contribution in [2.24, 2.45) is 0 Å². The van der Waals surface area contributed by atoms with Crippen LogP contribution in [0.25, 0.3) is 0 Å². The quantitative estimate of drug-likeness (QED) is 0.0686. The Kier molecular flexibility index (Phi) is 35.2. The minimum Gasteiger partial charge on any atom is -0.331 e. The summed E-state index contributed by atoms with van der Waals surface area (Å²) in [6.45, 7) is 5.90. The number of rotatable bonds is 27. The molecule has 0 saturated heterocycles. The number of hydrogen-bond acceptors (Lipinski definition) is 1. The van der Waals surface area contributed by atoms with E-state index in [0.29, 0.717) is 10.4 Å². The van der Waals surface area contributed by atoms with Gasteiger partial charge in [-0.15, -0.1) is 12.4 Å². The summed E-state index contributed by atoms with van der Waals surface area (Å²) < 4.78 is 1.59. The maximum Gasteiger partial charge on any atom is 0.313 e. The van der Waals surface area contributed by atoms with E-state index in [1.165, 1.54) is 161 Å². The highest BCUT2D eigenvalue weighted by Crippen LogP contribution is 2.14. The zero-order chi connectivity index (χ0) is 29.7. The molecule has 0 atom stereocenters. The molecule has 3 nitrogen and oxygen atoms in total. The van der Waals surface area contributed by atoms with Crippen LogP contribution in [-0.4, -0.2) is 63.7 Å². The van der Waals surface area contributed by atoms with Crippen LogP contribution in [0.3, 0.4) is 0 Å². The molecule has 0 unspecified atom stereocenters. The number of amides is 1. The highest BCUT2D eigenvalue weighted by molar-refractivity contribution is 5.85. The molecule has 0 spiro atoms. The van der Waals surface area contributed by atoms with Crippen LogP contribution < -0.4 is 0 Å². The molecule has 0 bridgehead atoms. The van der Waals surface area contributed by atoms with Crippen LogP contribution in [-0.2, 0) is 4.79 Å². The number of carbonyl (C=O) groups excluding carboxylic acids is 1. The maximum absolute atomic E-state index is 11.8. The first-order valence-electron chi connectivity index (χ1n) is 17.7. The van der Waals surface area contributed by atoms with Crippen molar-refractivity contribution in [3.8, 4) is 0 Å². The third kappa shape index (κ3) is 40.0. The van der Waals surface area contributed by atoms with Crippen LogP contribution in [0.5, 0.6) is 0 Å². The molecule has 244 valence electrons. The summed E-state index contributed by atoms with van der Waals surface area (Å²) in [5, 5.41) is 0. The van der Waals surface area contributed by atoms with Gasteiger partial charge in [-0.05, 0) is 19.3 Å². The predicted octanol–water partition coefficient (Wildman–Crippen LogP) is 11.5. The van der Waals surface area contributed by atoms with Gasteiger partial charge in [0.1, 0.15) is 0 Å². The number of quaternary nitrogens is 2. The van der Waals surface area contributed by atoms with E-state index in [2.05, 4.69) is 35.0 Å². The average Bonchev–Trinajstić information content (AvgIpc) is 2.86. The van der Waals surface area contributed by atoms with Gasteiger partial charge in [0.05, 0.1) is 55.3 Å². The van der Waals surface area contributed by atoms with Gasteiger partial charge in [0.15, 0.2) is 0 Å². The zero-order valence-electron chi connectivity index (χ0n) is 29.3. The van der Waals surface area contributed by atoms with Crippen LogP contribution in [0, 0.1) is 0 Å². The smallest absolute Gasteiger partial charge is 0.313 e. The molecular weight excluding hydrogens is 512 g/mol. The summed E-state index contributed by atoms with van der Waals surface area (Å²) in [4.78, 5) is 11.8. The van der Waals surface area contributed by atoms with E-state index in [-0.39, 0.29) is 12.4 Å². The van der Waals surface area contributed by atoms with E-state index in [1.54, 1.807) is 0 Å². The Hall–Kier alpha value is -0.120. The Bertz CT molecular complexity index is 496. The Labute approximate surface area is 261 Å². The van der Waals surface area contributed by atoms with Crippen molar-refractivity contribution in [1.82, 2.24) is 0 Å². The summed E-state index contributed by atoms with van der Waals surface area (Å²) in [6, 6.07) is 0. The second-order valence-corrected chi connectivity index (χ2v) is 14.3. The van der Waals surface area contributed by atoms with E-state index in [0.717, 1.165) is 17.3 Å². The molecule has 0 radical (unpaired) electrons. The van der Waals surface area contributed by atoms with Crippen molar-refractivity contribution in [3.05, 3.63) is 0 Å². The summed E-state index contributed by atoms with van der Waals surface area (Å²) >= 11 is 0. The molecule has 0 aromatic rings. The molecule has 40 heavy (non-hydrogen) atoms. The second kappa shape index (κ2) is 31.8. The van der Waals surface area contributed by atoms with Crippen molar-refractivity contribution >= 4 is 18.3 Å². The molecule has 0 fully saturated rings. The molecule has 0 aliphatic carbocycles. The van der Waals surface area contributed by atoms with Gasteiger partial charge < -0.3 is 4.48 Å². The first kappa shape index (κ1) is 44.3. The number of nitrogens with zero attached hydrogens (tertiary/aromatic N) is 2. The lowest BCUT2D eigenvalue weighted by atomic mass is 10.0. The molecule has 0 aliphatic rings. The lowest BCUT2D eigenvalue weighted by Crippen LogP contribution is -2.40. The third-order valence-electron chi connectivity index (χ3n) is 7.92. The second-order valence-electron chi connectivity index (χ2n) is 14.3. The van der Waals surface area contributed by atoms with Gasteiger partial charge in [-0.2, -0.15) is 0 Å². The van der Waals surface area contributed by atoms with Crippen molar-refractivity contribution in [1.29, 1.82) is 0 Å². The standard InChI is InChI=1S/C21H44NO.C15H34N.ClH/c1-5-6-7-8-9-10-11-12-13-14-15-16-17-18-19-20-21(23)22(2,3)4;1-5-6-7-8-9-10-11-12-13-14-15-16(2,3)4;/h5-20H2,1-4H3;5-15H2,1-4H3;1H/q2*+1;. The molecule has 0 aromatic heterocycles. The van der Waals surface area contributed by atoms with Crippen LogP contribution in [0.15, 0.2) is 0 Å². The summed E-state index contributed by atoms with van der Waals surface area (Å²) in [5.41, 5.74) is 0. The minimum atomic E-state index is 0. The molecule has 0 aromatic carbocycles. The van der Waals surface area contributed by atoms with Crippen molar-refractivity contribution in [2.75, 3.05) is 48.8 Å². The molecule has 0 rings (SSSR count). The summed E-state index contributed by atoms with van der Waals surface area (Å²) in [7, 11) is 12.8.